The second-order valence-corrected chi connectivity index (χ2v) is 10.5. The van der Waals surface area contributed by atoms with E-state index in [1.54, 1.807) is 12.1 Å². The van der Waals surface area contributed by atoms with Gasteiger partial charge >= 0.3 is 11.9 Å². The van der Waals surface area contributed by atoms with Crippen LogP contribution < -0.4 is 4.74 Å². The first-order valence-corrected chi connectivity index (χ1v) is 11.4. The topological polar surface area (TPSA) is 63.6 Å². The Bertz CT molecular complexity index is 1040. The molecule has 0 aromatic heterocycles. The van der Waals surface area contributed by atoms with Crippen molar-refractivity contribution in [2.75, 3.05) is 0 Å². The molecule has 168 valence electrons. The number of rotatable bonds is 5. The van der Waals surface area contributed by atoms with Crippen molar-refractivity contribution in [2.45, 2.75) is 53.4 Å². The molecule has 4 heteroatoms. The van der Waals surface area contributed by atoms with E-state index in [1.807, 2.05) is 18.2 Å². The highest BCUT2D eigenvalue weighted by molar-refractivity contribution is 5.87. The molecule has 0 bridgehead atoms. The fraction of sp³-hybridized carbons (Fsp3) is 0.429. The van der Waals surface area contributed by atoms with E-state index in [9.17, 15) is 9.59 Å². The van der Waals surface area contributed by atoms with Gasteiger partial charge in [-0.15, -0.1) is 0 Å². The van der Waals surface area contributed by atoms with Crippen LogP contribution in [0.15, 0.2) is 65.7 Å². The highest BCUT2D eigenvalue weighted by Gasteiger charge is 2.51. The lowest BCUT2D eigenvalue weighted by molar-refractivity contribution is -0.140. The van der Waals surface area contributed by atoms with E-state index >= 15 is 0 Å². The first-order chi connectivity index (χ1) is 15.1. The molecule has 32 heavy (non-hydrogen) atoms. The van der Waals surface area contributed by atoms with Crippen molar-refractivity contribution in [2.24, 2.45) is 22.7 Å². The predicted molar refractivity (Wildman–Crippen MR) is 125 cm³/mol. The Balaban J connectivity index is 1.66. The molecule has 0 radical (unpaired) electrons. The maximum Gasteiger partial charge on any atom is 0.335 e. The molecule has 1 N–H and O–H groups in total. The highest BCUT2D eigenvalue weighted by atomic mass is 16.5. The monoisotopic (exact) mass is 432 g/mol. The van der Waals surface area contributed by atoms with Crippen LogP contribution in [0.1, 0.15) is 62.9 Å². The Labute approximate surface area is 190 Å². The number of aromatic carboxylic acids is 1. The Kier molecular flexibility index (Phi) is 5.74. The minimum atomic E-state index is -0.997. The van der Waals surface area contributed by atoms with E-state index in [0.29, 0.717) is 5.75 Å². The third-order valence-corrected chi connectivity index (χ3v) is 7.45. The second kappa shape index (κ2) is 8.23. The van der Waals surface area contributed by atoms with Crippen LogP contribution in [0, 0.1) is 22.7 Å². The molecule has 0 amide bonds. The van der Waals surface area contributed by atoms with Crippen LogP contribution in [0.25, 0.3) is 0 Å². The van der Waals surface area contributed by atoms with Crippen LogP contribution in [0.4, 0.5) is 0 Å². The largest absolute Gasteiger partial charge is 0.478 e. The summed E-state index contributed by atoms with van der Waals surface area (Å²) in [5.41, 5.74) is 4.42. The van der Waals surface area contributed by atoms with Crippen molar-refractivity contribution in [3.8, 4) is 5.75 Å². The van der Waals surface area contributed by atoms with Crippen molar-refractivity contribution >= 4 is 11.9 Å². The minimum absolute atomic E-state index is 0.0580. The van der Waals surface area contributed by atoms with Gasteiger partial charge in [0.15, 0.2) is 0 Å². The molecule has 0 saturated carbocycles. The van der Waals surface area contributed by atoms with Gasteiger partial charge in [0.05, 0.1) is 11.5 Å². The van der Waals surface area contributed by atoms with Gasteiger partial charge in [-0.1, -0.05) is 69.2 Å². The molecule has 2 unspecified atom stereocenters. The number of ether oxygens (including phenoxy) is 1. The molecule has 0 spiro atoms. The van der Waals surface area contributed by atoms with E-state index in [0.717, 1.165) is 25.7 Å². The summed E-state index contributed by atoms with van der Waals surface area (Å²) in [6.07, 6.45) is 3.78. The van der Waals surface area contributed by atoms with Crippen LogP contribution in [-0.4, -0.2) is 17.0 Å². The lowest BCUT2D eigenvalue weighted by Crippen LogP contribution is -2.33. The van der Waals surface area contributed by atoms with Gasteiger partial charge in [0.25, 0.3) is 0 Å². The molecule has 2 aromatic rings. The first kappa shape index (κ1) is 22.3. The van der Waals surface area contributed by atoms with Gasteiger partial charge in [-0.25, -0.2) is 4.79 Å². The number of carbonyl (C=O) groups is 2. The van der Waals surface area contributed by atoms with Gasteiger partial charge < -0.3 is 9.84 Å². The zero-order chi connectivity index (χ0) is 23.1. The number of carboxylic acid groups (broad SMARTS) is 1. The van der Waals surface area contributed by atoms with Gasteiger partial charge in [0, 0.05) is 0 Å². The smallest absolute Gasteiger partial charge is 0.335 e. The highest BCUT2D eigenvalue weighted by Crippen LogP contribution is 2.59. The van der Waals surface area contributed by atoms with Crippen LogP contribution in [-0.2, 0) is 11.2 Å². The fourth-order valence-electron chi connectivity index (χ4n) is 5.58. The summed E-state index contributed by atoms with van der Waals surface area (Å²) in [5.74, 6) is -0.969. The van der Waals surface area contributed by atoms with E-state index in [2.05, 4.69) is 39.8 Å². The molecule has 0 heterocycles. The predicted octanol–water partition coefficient (Wildman–Crippen LogP) is 6.31. The van der Waals surface area contributed by atoms with E-state index in [1.165, 1.54) is 28.8 Å². The number of hydrogen-bond donors (Lipinski definition) is 1. The van der Waals surface area contributed by atoms with Crippen LogP contribution >= 0.6 is 0 Å². The Hall–Kier alpha value is -2.88. The summed E-state index contributed by atoms with van der Waals surface area (Å²) in [4.78, 5) is 24.5. The van der Waals surface area contributed by atoms with E-state index in [4.69, 9.17) is 9.84 Å². The summed E-state index contributed by atoms with van der Waals surface area (Å²) in [6.45, 7) is 9.23. The standard InChI is InChI=1S/C28H32O4/c1-27(2)14-15-28(3,4)24-21(16-18-8-6-5-7-9-18)22(17-23(24)27)26(31)32-20-12-10-19(11-13-20)25(29)30/h5-13,21-22H,14-17H2,1-4H3,(H,29,30). The number of benzene rings is 2. The Morgan fingerprint density at radius 3 is 2.19 bits per heavy atom. The summed E-state index contributed by atoms with van der Waals surface area (Å²) >= 11 is 0. The molecule has 2 atom stereocenters. The van der Waals surface area contributed by atoms with Gasteiger partial charge in [-0.2, -0.15) is 0 Å². The average Bonchev–Trinajstić information content (AvgIpc) is 3.14. The van der Waals surface area contributed by atoms with Gasteiger partial charge in [-0.3, -0.25) is 4.79 Å². The molecule has 4 nitrogen and oxygen atoms in total. The van der Waals surface area contributed by atoms with E-state index in [-0.39, 0.29) is 34.2 Å². The zero-order valence-corrected chi connectivity index (χ0v) is 19.4. The lowest BCUT2D eigenvalue weighted by atomic mass is 9.62. The fourth-order valence-corrected chi connectivity index (χ4v) is 5.58. The van der Waals surface area contributed by atoms with Crippen molar-refractivity contribution in [3.63, 3.8) is 0 Å². The van der Waals surface area contributed by atoms with Crippen LogP contribution in [0.3, 0.4) is 0 Å². The van der Waals surface area contributed by atoms with Gasteiger partial charge in [-0.05, 0) is 72.3 Å². The maximum atomic E-state index is 13.4. The van der Waals surface area contributed by atoms with Crippen LogP contribution in [0.5, 0.6) is 5.75 Å². The summed E-state index contributed by atoms with van der Waals surface area (Å²) in [5, 5.41) is 9.11. The zero-order valence-electron chi connectivity index (χ0n) is 19.4. The maximum absolute atomic E-state index is 13.4. The van der Waals surface area contributed by atoms with Gasteiger partial charge in [0.1, 0.15) is 5.75 Å². The number of hydrogen-bond acceptors (Lipinski definition) is 3. The molecule has 4 rings (SSSR count). The number of esters is 1. The second-order valence-electron chi connectivity index (χ2n) is 10.5. The van der Waals surface area contributed by atoms with Crippen molar-refractivity contribution in [1.82, 2.24) is 0 Å². The summed E-state index contributed by atoms with van der Waals surface area (Å²) in [7, 11) is 0. The van der Waals surface area contributed by atoms with Gasteiger partial charge in [0.2, 0.25) is 0 Å². The molecule has 2 aliphatic rings. The van der Waals surface area contributed by atoms with Crippen molar-refractivity contribution in [3.05, 3.63) is 76.9 Å². The summed E-state index contributed by atoms with van der Waals surface area (Å²) < 4.78 is 5.78. The third kappa shape index (κ3) is 4.23. The molecular formula is C28H32O4. The molecule has 0 fully saturated rings. The minimum Gasteiger partial charge on any atom is -0.478 e. The normalized spacial score (nSPS) is 23.5. The van der Waals surface area contributed by atoms with Crippen molar-refractivity contribution < 1.29 is 19.4 Å². The molecule has 0 saturated heterocycles. The number of carbonyl (C=O) groups excluding carboxylic acids is 1. The van der Waals surface area contributed by atoms with Crippen LogP contribution in [0.2, 0.25) is 0 Å². The van der Waals surface area contributed by atoms with E-state index < -0.39 is 5.97 Å². The average molecular weight is 433 g/mol. The third-order valence-electron chi connectivity index (χ3n) is 7.45. The number of carboxylic acids is 1. The SMILES string of the molecule is CC1(C)CCC(C)(C)C2=C1CC(C(=O)Oc1ccc(C(=O)O)cc1)C2Cc1ccccc1. The van der Waals surface area contributed by atoms with Crippen molar-refractivity contribution in [1.29, 1.82) is 0 Å². The molecular weight excluding hydrogens is 400 g/mol. The Morgan fingerprint density at radius 2 is 1.56 bits per heavy atom. The molecule has 2 aromatic carbocycles. The molecule has 0 aliphatic heterocycles. The Morgan fingerprint density at radius 1 is 0.938 bits per heavy atom. The summed E-state index contributed by atoms with van der Waals surface area (Å²) in [6, 6.07) is 16.4. The first-order valence-electron chi connectivity index (χ1n) is 11.4. The quantitative estimate of drug-likeness (QED) is 0.341. The number of allylic oxidation sites excluding steroid dienone is 2. The lowest BCUT2D eigenvalue weighted by Gasteiger charge is -2.43. The molecule has 2 aliphatic carbocycles.